The molecule has 1 aliphatic rings. The van der Waals surface area contributed by atoms with E-state index in [-0.39, 0.29) is 0 Å². The third-order valence-electron chi connectivity index (χ3n) is 3.08. The Morgan fingerprint density at radius 2 is 1.79 bits per heavy atom. The fourth-order valence-electron chi connectivity index (χ4n) is 1.91. The van der Waals surface area contributed by atoms with Gasteiger partial charge in [0.1, 0.15) is 8.07 Å². The van der Waals surface area contributed by atoms with E-state index in [1.807, 2.05) is 0 Å². The van der Waals surface area contributed by atoms with Gasteiger partial charge in [0.05, 0.1) is 0 Å². The molecule has 74 valence electrons. The highest BCUT2D eigenvalue weighted by Gasteiger charge is 2.29. The first-order valence-electron chi connectivity index (χ1n) is 5.37. The van der Waals surface area contributed by atoms with Crippen LogP contribution in [-0.2, 0) is 0 Å². The molecular formula is C13H18Si. The molecule has 1 aliphatic carbocycles. The van der Waals surface area contributed by atoms with Crippen LogP contribution in [0.25, 0.3) is 0 Å². The molecule has 14 heavy (non-hydrogen) atoms. The average Bonchev–Trinajstić information content (AvgIpc) is 2.82. The van der Waals surface area contributed by atoms with E-state index in [1.54, 1.807) is 10.8 Å². The van der Waals surface area contributed by atoms with Crippen LogP contribution in [0.4, 0.5) is 0 Å². The van der Waals surface area contributed by atoms with Crippen LogP contribution in [-0.4, -0.2) is 8.07 Å². The summed E-state index contributed by atoms with van der Waals surface area (Å²) in [5.74, 6) is 0.866. The van der Waals surface area contributed by atoms with E-state index in [2.05, 4.69) is 56.0 Å². The standard InChI is InChI=1S/C13H18Si/c1-11-9-12(11)10-14(2,3)13-7-5-4-6-8-13/h4-8,10-11H,9H2,1-3H3/b12-10-. The quantitative estimate of drug-likeness (QED) is 0.646. The first-order valence-corrected chi connectivity index (χ1v) is 8.44. The molecule has 1 aromatic rings. The molecular weight excluding hydrogens is 184 g/mol. The van der Waals surface area contributed by atoms with Crippen LogP contribution < -0.4 is 5.19 Å². The van der Waals surface area contributed by atoms with Crippen LogP contribution in [0.15, 0.2) is 41.6 Å². The molecule has 0 aromatic heterocycles. The third-order valence-corrected chi connectivity index (χ3v) is 5.99. The zero-order valence-electron chi connectivity index (χ0n) is 9.25. The van der Waals surface area contributed by atoms with Crippen LogP contribution >= 0.6 is 0 Å². The maximum atomic E-state index is 2.58. The Morgan fingerprint density at radius 1 is 1.21 bits per heavy atom. The van der Waals surface area contributed by atoms with Crippen molar-refractivity contribution >= 4 is 13.3 Å². The zero-order valence-corrected chi connectivity index (χ0v) is 10.2. The second-order valence-corrected chi connectivity index (χ2v) is 9.22. The van der Waals surface area contributed by atoms with E-state index < -0.39 is 8.07 Å². The van der Waals surface area contributed by atoms with Crippen LogP contribution in [0.3, 0.4) is 0 Å². The highest BCUT2D eigenvalue weighted by atomic mass is 28.3. The van der Waals surface area contributed by atoms with E-state index in [0.29, 0.717) is 0 Å². The molecule has 1 unspecified atom stereocenters. The summed E-state index contributed by atoms with van der Waals surface area (Å²) in [5.41, 5.74) is 4.26. The van der Waals surface area contributed by atoms with Gasteiger partial charge in [-0.25, -0.2) is 0 Å². The second-order valence-electron chi connectivity index (χ2n) is 4.91. The Labute approximate surface area is 87.7 Å². The summed E-state index contributed by atoms with van der Waals surface area (Å²) in [6.45, 7) is 7.18. The third kappa shape index (κ3) is 1.98. The topological polar surface area (TPSA) is 0 Å². The Kier molecular flexibility index (Phi) is 2.36. The zero-order chi connectivity index (χ0) is 10.2. The van der Waals surface area contributed by atoms with Crippen molar-refractivity contribution in [1.29, 1.82) is 0 Å². The number of allylic oxidation sites excluding steroid dienone is 1. The van der Waals surface area contributed by atoms with E-state index in [4.69, 9.17) is 0 Å². The summed E-state index contributed by atoms with van der Waals surface area (Å²) in [6, 6.07) is 10.9. The molecule has 1 heteroatoms. The lowest BCUT2D eigenvalue weighted by atomic mass is 10.4. The van der Waals surface area contributed by atoms with Crippen LogP contribution in [0.1, 0.15) is 13.3 Å². The van der Waals surface area contributed by atoms with Crippen molar-refractivity contribution in [3.63, 3.8) is 0 Å². The summed E-state index contributed by atoms with van der Waals surface area (Å²) in [4.78, 5) is 0. The summed E-state index contributed by atoms with van der Waals surface area (Å²) in [7, 11) is -1.28. The molecule has 1 fully saturated rings. The van der Waals surface area contributed by atoms with E-state index in [1.165, 1.54) is 6.42 Å². The first kappa shape index (κ1) is 9.72. The predicted molar refractivity (Wildman–Crippen MR) is 65.4 cm³/mol. The molecule has 1 aromatic carbocycles. The van der Waals surface area contributed by atoms with Crippen molar-refractivity contribution in [1.82, 2.24) is 0 Å². The summed E-state index contributed by atoms with van der Waals surface area (Å²) in [5, 5.41) is 1.55. The lowest BCUT2D eigenvalue weighted by molar-refractivity contribution is 1.02. The minimum atomic E-state index is -1.28. The molecule has 0 aliphatic heterocycles. The molecule has 0 saturated heterocycles. The Hall–Kier alpha value is -0.823. The monoisotopic (exact) mass is 202 g/mol. The largest absolute Gasteiger partial charge is 0.104 e. The van der Waals surface area contributed by atoms with Crippen molar-refractivity contribution in [2.75, 3.05) is 0 Å². The fourth-order valence-corrected chi connectivity index (χ4v) is 4.46. The van der Waals surface area contributed by atoms with E-state index in [0.717, 1.165) is 5.92 Å². The number of benzene rings is 1. The molecule has 0 spiro atoms. The van der Waals surface area contributed by atoms with Gasteiger partial charge in [-0.1, -0.05) is 66.8 Å². The van der Waals surface area contributed by atoms with Crippen molar-refractivity contribution in [2.45, 2.75) is 26.4 Å². The molecule has 0 N–H and O–H groups in total. The van der Waals surface area contributed by atoms with Gasteiger partial charge in [-0.3, -0.25) is 0 Å². The summed E-state index contributed by atoms with van der Waals surface area (Å²) < 4.78 is 0. The smallest absolute Gasteiger partial charge is 0.0908 e. The second kappa shape index (κ2) is 3.39. The molecule has 0 nitrogen and oxygen atoms in total. The lowest BCUT2D eigenvalue weighted by Crippen LogP contribution is -2.39. The molecule has 2 rings (SSSR count). The van der Waals surface area contributed by atoms with Gasteiger partial charge in [-0.05, 0) is 12.3 Å². The highest BCUT2D eigenvalue weighted by molar-refractivity contribution is 6.94. The number of rotatable bonds is 2. The predicted octanol–water partition coefficient (Wildman–Crippen LogP) is 3.11. The number of hydrogen-bond acceptors (Lipinski definition) is 0. The highest BCUT2D eigenvalue weighted by Crippen LogP contribution is 2.37. The van der Waals surface area contributed by atoms with Crippen molar-refractivity contribution in [3.8, 4) is 0 Å². The van der Waals surface area contributed by atoms with Gasteiger partial charge < -0.3 is 0 Å². The van der Waals surface area contributed by atoms with Gasteiger partial charge in [-0.2, -0.15) is 0 Å². The normalized spacial score (nSPS) is 23.9. The van der Waals surface area contributed by atoms with E-state index in [9.17, 15) is 0 Å². The summed E-state index contributed by atoms with van der Waals surface area (Å²) >= 11 is 0. The fraction of sp³-hybridized carbons (Fsp3) is 0.385. The average molecular weight is 202 g/mol. The summed E-state index contributed by atoms with van der Waals surface area (Å²) in [6.07, 6.45) is 1.34. The lowest BCUT2D eigenvalue weighted by Gasteiger charge is -2.18. The number of hydrogen-bond donors (Lipinski definition) is 0. The van der Waals surface area contributed by atoms with Crippen molar-refractivity contribution in [2.24, 2.45) is 5.92 Å². The van der Waals surface area contributed by atoms with Crippen LogP contribution in [0, 0.1) is 5.92 Å². The van der Waals surface area contributed by atoms with Gasteiger partial charge in [-0.15, -0.1) is 0 Å². The van der Waals surface area contributed by atoms with Gasteiger partial charge in [0.25, 0.3) is 0 Å². The van der Waals surface area contributed by atoms with Crippen molar-refractivity contribution in [3.05, 3.63) is 41.6 Å². The van der Waals surface area contributed by atoms with Gasteiger partial charge in [0.2, 0.25) is 0 Å². The van der Waals surface area contributed by atoms with Crippen molar-refractivity contribution < 1.29 is 0 Å². The Bertz CT molecular complexity index is 349. The minimum absolute atomic E-state index is 0.866. The van der Waals surface area contributed by atoms with Crippen LogP contribution in [0.5, 0.6) is 0 Å². The van der Waals surface area contributed by atoms with Crippen LogP contribution in [0.2, 0.25) is 13.1 Å². The van der Waals surface area contributed by atoms with Gasteiger partial charge in [0.15, 0.2) is 0 Å². The van der Waals surface area contributed by atoms with Gasteiger partial charge >= 0.3 is 0 Å². The minimum Gasteiger partial charge on any atom is -0.0908 e. The molecule has 1 saturated carbocycles. The SMILES string of the molecule is CC1C/C1=C/[Si](C)(C)c1ccccc1. The maximum Gasteiger partial charge on any atom is 0.104 e. The Morgan fingerprint density at radius 3 is 2.29 bits per heavy atom. The van der Waals surface area contributed by atoms with Gasteiger partial charge in [0, 0.05) is 0 Å². The molecule has 0 heterocycles. The molecule has 0 bridgehead atoms. The van der Waals surface area contributed by atoms with E-state index >= 15 is 0 Å². The molecule has 1 atom stereocenters. The maximum absolute atomic E-state index is 2.58. The molecule has 0 radical (unpaired) electrons. The first-order chi connectivity index (χ1) is 6.59. The Balaban J connectivity index is 2.25. The molecule has 0 amide bonds.